The van der Waals surface area contributed by atoms with Crippen LogP contribution in [-0.2, 0) is 19.9 Å². The lowest BCUT2D eigenvalue weighted by molar-refractivity contribution is -0.163. The largest absolute Gasteiger partial charge is 0.454 e. The van der Waals surface area contributed by atoms with Gasteiger partial charge in [-0.25, -0.2) is 9.18 Å². The van der Waals surface area contributed by atoms with Crippen LogP contribution in [0.3, 0.4) is 0 Å². The van der Waals surface area contributed by atoms with Gasteiger partial charge in [-0.3, -0.25) is 20.5 Å². The number of hydrazine groups is 1. The number of carbonyl (C=O) groups is 2. The van der Waals surface area contributed by atoms with Gasteiger partial charge in [0.05, 0.1) is 0 Å². The number of rotatable bonds is 6. The van der Waals surface area contributed by atoms with Crippen LogP contribution in [-0.4, -0.2) is 47.9 Å². The van der Waals surface area contributed by atoms with E-state index in [1.165, 1.54) is 6.07 Å². The van der Waals surface area contributed by atoms with Crippen LogP contribution in [0.4, 0.5) is 4.39 Å². The first-order chi connectivity index (χ1) is 15.9. The molecule has 3 aliphatic rings. The summed E-state index contributed by atoms with van der Waals surface area (Å²) in [6, 6.07) is 7.45. The normalized spacial score (nSPS) is 33.7. The van der Waals surface area contributed by atoms with Crippen LogP contribution in [0.1, 0.15) is 77.7 Å². The van der Waals surface area contributed by atoms with E-state index in [-0.39, 0.29) is 29.2 Å². The van der Waals surface area contributed by atoms with Gasteiger partial charge in [0, 0.05) is 23.5 Å². The van der Waals surface area contributed by atoms with E-state index < -0.39 is 17.4 Å². The molecule has 1 heterocycles. The molecular formula is C27H40FN3O3. The molecule has 188 valence electrons. The van der Waals surface area contributed by atoms with E-state index >= 15 is 0 Å². The molecule has 0 bridgehead atoms. The summed E-state index contributed by atoms with van der Waals surface area (Å²) >= 11 is 0. The van der Waals surface area contributed by atoms with Crippen LogP contribution in [0.5, 0.6) is 0 Å². The van der Waals surface area contributed by atoms with Crippen molar-refractivity contribution in [1.29, 1.82) is 0 Å². The van der Waals surface area contributed by atoms with Gasteiger partial charge in [0.1, 0.15) is 11.4 Å². The fourth-order valence-electron chi connectivity index (χ4n) is 6.26. The van der Waals surface area contributed by atoms with Crippen molar-refractivity contribution in [2.24, 2.45) is 11.8 Å². The van der Waals surface area contributed by atoms with Gasteiger partial charge in [-0.2, -0.15) is 0 Å². The number of hydrogen-bond acceptors (Lipinski definition) is 6. The highest BCUT2D eigenvalue weighted by molar-refractivity contribution is 6.33. The van der Waals surface area contributed by atoms with E-state index in [0.717, 1.165) is 50.5 Å². The molecule has 3 fully saturated rings. The summed E-state index contributed by atoms with van der Waals surface area (Å²) < 4.78 is 19.2. The van der Waals surface area contributed by atoms with Gasteiger partial charge < -0.3 is 4.74 Å². The van der Waals surface area contributed by atoms with E-state index in [0.29, 0.717) is 12.0 Å². The third-order valence-corrected chi connectivity index (χ3v) is 8.33. The molecule has 2 N–H and O–H groups in total. The summed E-state index contributed by atoms with van der Waals surface area (Å²) in [6.07, 6.45) is 7.29. The molecule has 34 heavy (non-hydrogen) atoms. The minimum Gasteiger partial charge on any atom is -0.454 e. The van der Waals surface area contributed by atoms with Crippen molar-refractivity contribution in [2.75, 3.05) is 14.1 Å². The zero-order chi connectivity index (χ0) is 24.7. The molecule has 2 saturated carbocycles. The first-order valence-corrected chi connectivity index (χ1v) is 12.6. The summed E-state index contributed by atoms with van der Waals surface area (Å²) in [5, 5.41) is 0. The smallest absolute Gasteiger partial charge is 0.375 e. The first kappa shape index (κ1) is 25.3. The van der Waals surface area contributed by atoms with Crippen LogP contribution >= 0.6 is 0 Å². The van der Waals surface area contributed by atoms with Crippen LogP contribution in [0.2, 0.25) is 0 Å². The SMILES string of the molecule is CN(C)C1(c2cccc(F)c2)CCC2(CC1)CC([C@H]1C[C@@H](CC(=O)C(=O)OC(C)(C)C)C1)NN2. The highest BCUT2D eigenvalue weighted by atomic mass is 19.1. The number of nitrogens with one attached hydrogen (secondary N) is 2. The molecule has 1 aromatic carbocycles. The zero-order valence-corrected chi connectivity index (χ0v) is 21.2. The highest BCUT2D eigenvalue weighted by Gasteiger charge is 2.50. The number of hydrogen-bond donors (Lipinski definition) is 2. The molecular weight excluding hydrogens is 433 g/mol. The predicted octanol–water partition coefficient (Wildman–Crippen LogP) is 4.09. The second-order valence-electron chi connectivity index (χ2n) is 12.0. The van der Waals surface area contributed by atoms with Crippen molar-refractivity contribution in [2.45, 2.75) is 94.9 Å². The minimum atomic E-state index is -0.708. The Hall–Kier alpha value is -1.83. The number of Topliss-reactive ketones (excluding diaryl/α,β-unsaturated/α-hetero) is 1. The average molecular weight is 474 g/mol. The molecule has 1 spiro atoms. The Labute approximate surface area is 203 Å². The Kier molecular flexibility index (Phi) is 6.93. The molecule has 4 rings (SSSR count). The van der Waals surface area contributed by atoms with Gasteiger partial charge in [-0.05, 0) is 109 Å². The molecule has 1 aliphatic heterocycles. The summed E-state index contributed by atoms with van der Waals surface area (Å²) in [6.45, 7) is 5.33. The molecule has 6 nitrogen and oxygen atoms in total. The zero-order valence-electron chi connectivity index (χ0n) is 21.2. The molecule has 0 radical (unpaired) electrons. The molecule has 0 aromatic heterocycles. The number of ketones is 1. The molecule has 1 unspecified atom stereocenters. The van der Waals surface area contributed by atoms with Crippen LogP contribution in [0.25, 0.3) is 0 Å². The first-order valence-electron chi connectivity index (χ1n) is 12.6. The Morgan fingerprint density at radius 2 is 1.82 bits per heavy atom. The molecule has 7 heteroatoms. The third-order valence-electron chi connectivity index (χ3n) is 8.33. The molecule has 1 atom stereocenters. The Bertz CT molecular complexity index is 912. The van der Waals surface area contributed by atoms with Gasteiger partial charge in [-0.15, -0.1) is 0 Å². The van der Waals surface area contributed by atoms with E-state index in [1.807, 2.05) is 6.07 Å². The van der Waals surface area contributed by atoms with Gasteiger partial charge in [0.25, 0.3) is 0 Å². The van der Waals surface area contributed by atoms with Crippen molar-refractivity contribution >= 4 is 11.8 Å². The van der Waals surface area contributed by atoms with Crippen LogP contribution in [0.15, 0.2) is 24.3 Å². The molecule has 2 aliphatic carbocycles. The number of carbonyl (C=O) groups excluding carboxylic acids is 2. The fraction of sp³-hybridized carbons (Fsp3) is 0.704. The molecule has 0 amide bonds. The maximum atomic E-state index is 14.0. The maximum Gasteiger partial charge on any atom is 0.375 e. The van der Waals surface area contributed by atoms with E-state index in [4.69, 9.17) is 4.74 Å². The average Bonchev–Trinajstić information content (AvgIpc) is 3.12. The number of nitrogens with zero attached hydrogens (tertiary/aromatic N) is 1. The van der Waals surface area contributed by atoms with Crippen molar-refractivity contribution in [1.82, 2.24) is 15.8 Å². The molecule has 1 aromatic rings. The highest BCUT2D eigenvalue weighted by Crippen LogP contribution is 2.49. The predicted molar refractivity (Wildman–Crippen MR) is 129 cm³/mol. The van der Waals surface area contributed by atoms with E-state index in [2.05, 4.69) is 35.9 Å². The van der Waals surface area contributed by atoms with Crippen molar-refractivity contribution in [3.8, 4) is 0 Å². The van der Waals surface area contributed by atoms with Crippen LogP contribution in [0, 0.1) is 17.7 Å². The summed E-state index contributed by atoms with van der Waals surface area (Å²) in [5.74, 6) is -0.502. The Morgan fingerprint density at radius 3 is 2.41 bits per heavy atom. The van der Waals surface area contributed by atoms with Crippen molar-refractivity contribution in [3.63, 3.8) is 0 Å². The topological polar surface area (TPSA) is 70.7 Å². The number of esters is 1. The molecule has 1 saturated heterocycles. The quantitative estimate of drug-likeness (QED) is 0.479. The monoisotopic (exact) mass is 473 g/mol. The standard InChI is InChI=1S/C27H40FN3O3/c1-25(2,3)34-24(33)23(32)15-18-13-19(14-18)22-17-26(30-29-22)9-11-27(12-10-26,31(4)5)20-7-6-8-21(28)16-20/h6-8,16,18-19,22,29-30H,9-15,17H2,1-5H3/t18-,19+,22?,26?,27?. The minimum absolute atomic E-state index is 0.0644. The van der Waals surface area contributed by atoms with E-state index in [1.54, 1.807) is 26.8 Å². The Morgan fingerprint density at radius 1 is 1.15 bits per heavy atom. The lowest BCUT2D eigenvalue weighted by Gasteiger charge is -2.49. The fourth-order valence-corrected chi connectivity index (χ4v) is 6.26. The van der Waals surface area contributed by atoms with Gasteiger partial charge in [-0.1, -0.05) is 12.1 Å². The van der Waals surface area contributed by atoms with E-state index in [9.17, 15) is 14.0 Å². The summed E-state index contributed by atoms with van der Waals surface area (Å²) in [4.78, 5) is 26.5. The van der Waals surface area contributed by atoms with Crippen molar-refractivity contribution < 1.29 is 18.7 Å². The third kappa shape index (κ3) is 5.21. The lowest BCUT2D eigenvalue weighted by Crippen LogP contribution is -2.53. The van der Waals surface area contributed by atoms with Gasteiger partial charge in [0.2, 0.25) is 5.78 Å². The van der Waals surface area contributed by atoms with Gasteiger partial charge >= 0.3 is 5.97 Å². The summed E-state index contributed by atoms with van der Waals surface area (Å²) in [7, 11) is 4.19. The lowest BCUT2D eigenvalue weighted by atomic mass is 9.64. The number of benzene rings is 1. The second kappa shape index (κ2) is 9.32. The van der Waals surface area contributed by atoms with Gasteiger partial charge in [0.15, 0.2) is 0 Å². The Balaban J connectivity index is 1.29. The second-order valence-corrected chi connectivity index (χ2v) is 12.0. The van der Waals surface area contributed by atoms with Crippen LogP contribution < -0.4 is 10.9 Å². The summed E-state index contributed by atoms with van der Waals surface area (Å²) in [5.41, 5.74) is 7.53. The van der Waals surface area contributed by atoms with Crippen molar-refractivity contribution in [3.05, 3.63) is 35.6 Å². The maximum absolute atomic E-state index is 14.0. The number of ether oxygens (including phenoxy) is 1. The number of halogens is 1.